The van der Waals surface area contributed by atoms with Crippen molar-refractivity contribution in [2.75, 3.05) is 14.2 Å². The molecule has 3 unspecified atom stereocenters. The van der Waals surface area contributed by atoms with E-state index in [2.05, 4.69) is 35.9 Å². The maximum absolute atomic E-state index is 10.1. The highest BCUT2D eigenvalue weighted by Gasteiger charge is 2.43. The molecule has 0 bridgehead atoms. The topological polar surface area (TPSA) is 58.4 Å². The zero-order chi connectivity index (χ0) is 19.1. The Labute approximate surface area is 159 Å². The number of ether oxygens (including phenoxy) is 2. The molecular formula is C22H23N3O2. The molecule has 2 aliphatic heterocycles. The van der Waals surface area contributed by atoms with Crippen molar-refractivity contribution in [2.24, 2.45) is 5.92 Å². The van der Waals surface area contributed by atoms with Crippen molar-refractivity contribution in [3.05, 3.63) is 70.5 Å². The molecule has 5 nitrogen and oxygen atoms in total. The summed E-state index contributed by atoms with van der Waals surface area (Å²) in [7, 11) is 3.35. The highest BCUT2D eigenvalue weighted by Crippen LogP contribution is 2.50. The molecule has 27 heavy (non-hydrogen) atoms. The second-order valence-corrected chi connectivity index (χ2v) is 7.12. The minimum atomic E-state index is -0.318. The van der Waals surface area contributed by atoms with Crippen molar-refractivity contribution in [3.63, 3.8) is 0 Å². The first-order chi connectivity index (χ1) is 13.1. The number of pyridine rings is 1. The summed E-state index contributed by atoms with van der Waals surface area (Å²) < 4.78 is 11.1. The van der Waals surface area contributed by atoms with E-state index in [-0.39, 0.29) is 18.1 Å². The van der Waals surface area contributed by atoms with Crippen molar-refractivity contribution in [1.29, 1.82) is 5.26 Å². The average Bonchev–Trinajstić information content (AvgIpc) is 3.00. The van der Waals surface area contributed by atoms with E-state index in [9.17, 15) is 5.26 Å². The van der Waals surface area contributed by atoms with Gasteiger partial charge >= 0.3 is 0 Å². The fourth-order valence-corrected chi connectivity index (χ4v) is 4.54. The second kappa shape index (κ2) is 6.71. The van der Waals surface area contributed by atoms with Crippen molar-refractivity contribution in [3.8, 4) is 6.07 Å². The van der Waals surface area contributed by atoms with Crippen LogP contribution in [0.15, 0.2) is 65.0 Å². The lowest BCUT2D eigenvalue weighted by Crippen LogP contribution is -2.36. The number of allylic oxidation sites excluding steroid dienone is 4. The lowest BCUT2D eigenvalue weighted by molar-refractivity contribution is 0.108. The third-order valence-corrected chi connectivity index (χ3v) is 5.68. The third-order valence-electron chi connectivity index (χ3n) is 5.68. The summed E-state index contributed by atoms with van der Waals surface area (Å²) in [4.78, 5) is 6.45. The highest BCUT2D eigenvalue weighted by molar-refractivity contribution is 5.79. The third kappa shape index (κ3) is 2.60. The fraction of sp³-hybridized carbons (Fsp3) is 0.364. The molecule has 0 radical (unpaired) electrons. The zero-order valence-electron chi connectivity index (χ0n) is 16.1. The Kier molecular flexibility index (Phi) is 4.37. The number of hydrogen-bond donors (Lipinski definition) is 0. The van der Waals surface area contributed by atoms with Crippen molar-refractivity contribution in [2.45, 2.75) is 32.4 Å². The first-order valence-electron chi connectivity index (χ1n) is 9.14. The molecule has 1 aliphatic carbocycles. The number of methoxy groups -OCH3 is 2. The van der Waals surface area contributed by atoms with Gasteiger partial charge in [0.2, 0.25) is 0 Å². The molecule has 0 saturated heterocycles. The Bertz CT molecular complexity index is 934. The number of nitriles is 1. The van der Waals surface area contributed by atoms with Crippen LogP contribution in [-0.2, 0) is 9.47 Å². The van der Waals surface area contributed by atoms with Crippen LogP contribution in [-0.4, -0.2) is 36.2 Å². The summed E-state index contributed by atoms with van der Waals surface area (Å²) in [5, 5.41) is 10.1. The second-order valence-electron chi connectivity index (χ2n) is 7.12. The van der Waals surface area contributed by atoms with E-state index in [0.717, 1.165) is 40.3 Å². The lowest BCUT2D eigenvalue weighted by atomic mass is 9.83. The van der Waals surface area contributed by atoms with Crippen molar-refractivity contribution in [1.82, 2.24) is 9.88 Å². The molecule has 0 amide bonds. The minimum Gasteiger partial charge on any atom is -0.498 e. The molecule has 1 aromatic rings. The maximum Gasteiger partial charge on any atom is 0.133 e. The SMILES string of the molecule is COC1=CC2=C3C(C#N)C(c4ccncc4)=C(C)N3C(C)CC2=CC1OC. The van der Waals surface area contributed by atoms with Gasteiger partial charge < -0.3 is 14.4 Å². The Morgan fingerprint density at radius 2 is 2.00 bits per heavy atom. The molecule has 0 N–H and O–H groups in total. The van der Waals surface area contributed by atoms with Crippen LogP contribution >= 0.6 is 0 Å². The molecule has 5 heteroatoms. The molecule has 1 aromatic heterocycles. The molecule has 4 rings (SSSR count). The molecule has 0 saturated carbocycles. The fourth-order valence-electron chi connectivity index (χ4n) is 4.54. The predicted molar refractivity (Wildman–Crippen MR) is 103 cm³/mol. The van der Waals surface area contributed by atoms with Crippen LogP contribution in [0.1, 0.15) is 25.8 Å². The first kappa shape index (κ1) is 17.6. The van der Waals surface area contributed by atoms with Crippen LogP contribution in [0.25, 0.3) is 5.57 Å². The summed E-state index contributed by atoms with van der Waals surface area (Å²) in [6.45, 7) is 4.32. The zero-order valence-corrected chi connectivity index (χ0v) is 16.1. The maximum atomic E-state index is 10.1. The molecule has 0 spiro atoms. The Morgan fingerprint density at radius 1 is 1.26 bits per heavy atom. The standard InChI is InChI=1S/C22H23N3O2/c1-13-9-16-10-19(26-3)20(27-4)11-17(16)22-18(12-23)21(14(2)25(13)22)15-5-7-24-8-6-15/h5-8,10-11,13,18-19H,9H2,1-4H3. The van der Waals surface area contributed by atoms with Crippen LogP contribution in [0.2, 0.25) is 0 Å². The van der Waals surface area contributed by atoms with Gasteiger partial charge in [-0.25, -0.2) is 0 Å². The van der Waals surface area contributed by atoms with Crippen LogP contribution < -0.4 is 0 Å². The normalized spacial score (nSPS) is 26.9. The number of nitrogens with zero attached hydrogens (tertiary/aromatic N) is 3. The van der Waals surface area contributed by atoms with Gasteiger partial charge in [-0.05, 0) is 55.7 Å². The van der Waals surface area contributed by atoms with Gasteiger partial charge in [0.1, 0.15) is 17.8 Å². The molecular weight excluding hydrogens is 338 g/mol. The van der Waals surface area contributed by atoms with Crippen LogP contribution in [0.3, 0.4) is 0 Å². The Balaban J connectivity index is 1.92. The molecule has 138 valence electrons. The van der Waals surface area contributed by atoms with E-state index < -0.39 is 0 Å². The smallest absolute Gasteiger partial charge is 0.133 e. The summed E-state index contributed by atoms with van der Waals surface area (Å²) in [6, 6.07) is 6.78. The highest BCUT2D eigenvalue weighted by atomic mass is 16.5. The molecule has 0 fully saturated rings. The monoisotopic (exact) mass is 361 g/mol. The van der Waals surface area contributed by atoms with Gasteiger partial charge in [0.25, 0.3) is 0 Å². The Morgan fingerprint density at radius 3 is 2.63 bits per heavy atom. The lowest BCUT2D eigenvalue weighted by Gasteiger charge is -2.39. The van der Waals surface area contributed by atoms with Gasteiger partial charge in [0.05, 0.1) is 13.2 Å². The van der Waals surface area contributed by atoms with Crippen LogP contribution in [0, 0.1) is 17.2 Å². The number of hydrogen-bond acceptors (Lipinski definition) is 5. The van der Waals surface area contributed by atoms with Crippen molar-refractivity contribution >= 4 is 5.57 Å². The summed E-state index contributed by atoms with van der Waals surface area (Å²) in [5.74, 6) is 0.451. The quantitative estimate of drug-likeness (QED) is 0.820. The number of rotatable bonds is 3. The summed E-state index contributed by atoms with van der Waals surface area (Å²) in [5.41, 5.74) is 6.63. The van der Waals surface area contributed by atoms with Gasteiger partial charge in [-0.3, -0.25) is 4.98 Å². The van der Waals surface area contributed by atoms with E-state index in [0.29, 0.717) is 0 Å². The van der Waals surface area contributed by atoms with E-state index in [1.807, 2.05) is 18.2 Å². The molecule has 3 aliphatic rings. The predicted octanol–water partition coefficient (Wildman–Crippen LogP) is 3.80. The van der Waals surface area contributed by atoms with Gasteiger partial charge in [0, 0.05) is 48.1 Å². The molecule has 0 aromatic carbocycles. The van der Waals surface area contributed by atoms with Gasteiger partial charge in [0.15, 0.2) is 0 Å². The first-order valence-corrected chi connectivity index (χ1v) is 9.14. The van der Waals surface area contributed by atoms with Crippen molar-refractivity contribution < 1.29 is 9.47 Å². The number of fused-ring (bicyclic) bond motifs is 2. The van der Waals surface area contributed by atoms with E-state index in [4.69, 9.17) is 9.47 Å². The summed E-state index contributed by atoms with van der Waals surface area (Å²) in [6.07, 6.45) is 8.46. The van der Waals surface area contributed by atoms with E-state index in [1.165, 1.54) is 5.57 Å². The molecule has 3 atom stereocenters. The number of aromatic nitrogens is 1. The average molecular weight is 361 g/mol. The van der Waals surface area contributed by atoms with Gasteiger partial charge in [-0.15, -0.1) is 0 Å². The van der Waals surface area contributed by atoms with Gasteiger partial charge in [-0.2, -0.15) is 5.26 Å². The summed E-state index contributed by atoms with van der Waals surface area (Å²) >= 11 is 0. The van der Waals surface area contributed by atoms with Crippen LogP contribution in [0.5, 0.6) is 0 Å². The molecule has 3 heterocycles. The largest absolute Gasteiger partial charge is 0.498 e. The van der Waals surface area contributed by atoms with E-state index in [1.54, 1.807) is 26.6 Å². The van der Waals surface area contributed by atoms with E-state index >= 15 is 0 Å². The van der Waals surface area contributed by atoms with Gasteiger partial charge in [-0.1, -0.05) is 0 Å². The van der Waals surface area contributed by atoms with Crippen LogP contribution in [0.4, 0.5) is 0 Å². The minimum absolute atomic E-state index is 0.177. The Hall–Kier alpha value is -2.84.